The molecule has 88 valence electrons. The minimum Gasteiger partial charge on any atom is -0.296 e. The van der Waals surface area contributed by atoms with Crippen LogP contribution in [0.1, 0.15) is 30.0 Å². The summed E-state index contributed by atoms with van der Waals surface area (Å²) in [4.78, 5) is 7.11. The molecule has 0 radical (unpaired) electrons. The topological polar surface area (TPSA) is 16.1 Å². The van der Waals surface area contributed by atoms with E-state index in [2.05, 4.69) is 15.3 Å². The first-order valence-corrected chi connectivity index (χ1v) is 7.48. The van der Waals surface area contributed by atoms with Gasteiger partial charge in [-0.3, -0.25) is 4.90 Å². The summed E-state index contributed by atoms with van der Waals surface area (Å²) in [5.74, 6) is 2.50. The van der Waals surface area contributed by atoms with E-state index in [9.17, 15) is 0 Å². The Morgan fingerprint density at radius 3 is 2.75 bits per heavy atom. The van der Waals surface area contributed by atoms with Crippen LogP contribution < -0.4 is 0 Å². The van der Waals surface area contributed by atoms with E-state index in [0.717, 1.165) is 24.1 Å². The summed E-state index contributed by atoms with van der Waals surface area (Å²) in [5.41, 5.74) is 1.03. The Bertz CT molecular complexity index is 354. The molecule has 1 aromatic rings. The molecule has 1 aliphatic heterocycles. The van der Waals surface area contributed by atoms with Crippen molar-refractivity contribution in [2.75, 3.05) is 13.1 Å². The summed E-state index contributed by atoms with van der Waals surface area (Å²) in [6, 6.07) is 0. The van der Waals surface area contributed by atoms with Gasteiger partial charge >= 0.3 is 0 Å². The maximum Gasteiger partial charge on any atom is 0.107 e. The molecule has 2 fully saturated rings. The van der Waals surface area contributed by atoms with E-state index in [1.54, 1.807) is 11.3 Å². The van der Waals surface area contributed by atoms with E-state index in [1.807, 2.05) is 0 Å². The Morgan fingerprint density at radius 2 is 2.12 bits per heavy atom. The smallest absolute Gasteiger partial charge is 0.107 e. The molecule has 0 bridgehead atoms. The highest BCUT2D eigenvalue weighted by atomic mass is 35.5. The number of thiazole rings is 1. The van der Waals surface area contributed by atoms with Crippen LogP contribution in [0.15, 0.2) is 5.38 Å². The third-order valence-electron chi connectivity index (χ3n) is 3.90. The Balaban J connectivity index is 1.59. The number of nitrogens with zero attached hydrogens (tertiary/aromatic N) is 2. The molecule has 2 nitrogen and oxygen atoms in total. The molecule has 1 aromatic heterocycles. The van der Waals surface area contributed by atoms with Crippen LogP contribution in [0.3, 0.4) is 0 Å². The normalized spacial score (nSPS) is 29.8. The SMILES string of the molecule is ClCc1csc(CN2CC3CCCC3C2)n1. The van der Waals surface area contributed by atoms with Gasteiger partial charge in [-0.05, 0) is 24.7 Å². The zero-order valence-corrected chi connectivity index (χ0v) is 10.9. The zero-order valence-electron chi connectivity index (χ0n) is 9.36. The molecule has 2 atom stereocenters. The molecular formula is C12H17ClN2S. The van der Waals surface area contributed by atoms with Gasteiger partial charge in [0.05, 0.1) is 18.1 Å². The van der Waals surface area contributed by atoms with Gasteiger partial charge in [-0.15, -0.1) is 22.9 Å². The molecule has 1 aliphatic carbocycles. The van der Waals surface area contributed by atoms with Gasteiger partial charge in [0.25, 0.3) is 0 Å². The van der Waals surface area contributed by atoms with Gasteiger partial charge < -0.3 is 0 Å². The zero-order chi connectivity index (χ0) is 11.0. The standard InChI is InChI=1S/C12H17ClN2S/c13-4-11-8-16-12(14-11)7-15-5-9-2-1-3-10(9)6-15/h8-10H,1-7H2. The fourth-order valence-electron chi connectivity index (χ4n) is 3.14. The van der Waals surface area contributed by atoms with E-state index >= 15 is 0 Å². The van der Waals surface area contributed by atoms with Gasteiger partial charge in [-0.25, -0.2) is 4.98 Å². The third kappa shape index (κ3) is 2.13. The molecular weight excluding hydrogens is 240 g/mol. The lowest BCUT2D eigenvalue weighted by atomic mass is 10.0. The minimum atomic E-state index is 0.543. The van der Waals surface area contributed by atoms with Gasteiger partial charge in [0, 0.05) is 18.5 Å². The summed E-state index contributed by atoms with van der Waals surface area (Å²) >= 11 is 7.52. The van der Waals surface area contributed by atoms with Crippen molar-refractivity contribution in [1.82, 2.24) is 9.88 Å². The van der Waals surface area contributed by atoms with Crippen LogP contribution in [0.5, 0.6) is 0 Å². The summed E-state index contributed by atoms with van der Waals surface area (Å²) in [6.07, 6.45) is 4.36. The van der Waals surface area contributed by atoms with Gasteiger partial charge in [-0.2, -0.15) is 0 Å². The molecule has 0 N–H and O–H groups in total. The fraction of sp³-hybridized carbons (Fsp3) is 0.750. The minimum absolute atomic E-state index is 0.543. The van der Waals surface area contributed by atoms with Gasteiger partial charge in [0.15, 0.2) is 0 Å². The van der Waals surface area contributed by atoms with Crippen LogP contribution in [-0.4, -0.2) is 23.0 Å². The van der Waals surface area contributed by atoms with E-state index in [0.29, 0.717) is 5.88 Å². The molecule has 4 heteroatoms. The molecule has 1 saturated carbocycles. The molecule has 2 heterocycles. The van der Waals surface area contributed by atoms with E-state index < -0.39 is 0 Å². The summed E-state index contributed by atoms with van der Waals surface area (Å²) in [7, 11) is 0. The number of hydrogen-bond acceptors (Lipinski definition) is 3. The summed E-state index contributed by atoms with van der Waals surface area (Å²) in [5, 5.41) is 3.31. The first-order chi connectivity index (χ1) is 7.85. The number of fused-ring (bicyclic) bond motifs is 1. The first kappa shape index (κ1) is 11.0. The average molecular weight is 257 g/mol. The lowest BCUT2D eigenvalue weighted by Gasteiger charge is -2.14. The van der Waals surface area contributed by atoms with E-state index in [1.165, 1.54) is 37.4 Å². The van der Waals surface area contributed by atoms with Crippen molar-refractivity contribution >= 4 is 22.9 Å². The second kappa shape index (κ2) is 4.63. The lowest BCUT2D eigenvalue weighted by molar-refractivity contribution is 0.303. The van der Waals surface area contributed by atoms with E-state index in [-0.39, 0.29) is 0 Å². The molecule has 3 rings (SSSR count). The van der Waals surface area contributed by atoms with Crippen molar-refractivity contribution in [3.8, 4) is 0 Å². The molecule has 0 spiro atoms. The molecule has 16 heavy (non-hydrogen) atoms. The Labute approximate surface area is 106 Å². The quantitative estimate of drug-likeness (QED) is 0.773. The number of likely N-dealkylation sites (tertiary alicyclic amines) is 1. The van der Waals surface area contributed by atoms with Crippen LogP contribution in [0.2, 0.25) is 0 Å². The maximum absolute atomic E-state index is 5.77. The number of rotatable bonds is 3. The van der Waals surface area contributed by atoms with Crippen LogP contribution in [0.25, 0.3) is 0 Å². The highest BCUT2D eigenvalue weighted by Gasteiger charge is 2.35. The lowest BCUT2D eigenvalue weighted by Crippen LogP contribution is -2.20. The Morgan fingerprint density at radius 1 is 1.38 bits per heavy atom. The molecule has 2 aliphatic rings. The van der Waals surface area contributed by atoms with Crippen molar-refractivity contribution in [3.05, 3.63) is 16.1 Å². The number of hydrogen-bond donors (Lipinski definition) is 0. The Hall–Kier alpha value is -0.120. The second-order valence-corrected chi connectivity index (χ2v) is 6.22. The first-order valence-electron chi connectivity index (χ1n) is 6.07. The number of halogens is 1. The van der Waals surface area contributed by atoms with Crippen molar-refractivity contribution in [3.63, 3.8) is 0 Å². The predicted molar refractivity (Wildman–Crippen MR) is 67.8 cm³/mol. The van der Waals surface area contributed by atoms with Crippen LogP contribution >= 0.6 is 22.9 Å². The monoisotopic (exact) mass is 256 g/mol. The highest BCUT2D eigenvalue weighted by Crippen LogP contribution is 2.38. The Kier molecular flexibility index (Phi) is 3.18. The van der Waals surface area contributed by atoms with Crippen molar-refractivity contribution in [2.24, 2.45) is 11.8 Å². The molecule has 0 amide bonds. The molecule has 0 aromatic carbocycles. The van der Waals surface area contributed by atoms with Crippen molar-refractivity contribution in [1.29, 1.82) is 0 Å². The van der Waals surface area contributed by atoms with E-state index in [4.69, 9.17) is 11.6 Å². The summed E-state index contributed by atoms with van der Waals surface area (Å²) < 4.78 is 0. The van der Waals surface area contributed by atoms with Crippen molar-refractivity contribution < 1.29 is 0 Å². The molecule has 1 saturated heterocycles. The number of alkyl halides is 1. The highest BCUT2D eigenvalue weighted by molar-refractivity contribution is 7.09. The van der Waals surface area contributed by atoms with Crippen LogP contribution in [0.4, 0.5) is 0 Å². The van der Waals surface area contributed by atoms with Gasteiger partial charge in [-0.1, -0.05) is 6.42 Å². The third-order valence-corrected chi connectivity index (χ3v) is 5.05. The fourth-order valence-corrected chi connectivity index (χ4v) is 4.20. The van der Waals surface area contributed by atoms with Crippen LogP contribution in [-0.2, 0) is 12.4 Å². The average Bonchev–Trinajstić information content (AvgIpc) is 2.92. The molecule has 2 unspecified atom stereocenters. The van der Waals surface area contributed by atoms with Gasteiger partial charge in [0.1, 0.15) is 5.01 Å². The maximum atomic E-state index is 5.77. The summed E-state index contributed by atoms with van der Waals surface area (Å²) in [6.45, 7) is 3.62. The van der Waals surface area contributed by atoms with Crippen molar-refractivity contribution in [2.45, 2.75) is 31.7 Å². The number of aromatic nitrogens is 1. The predicted octanol–water partition coefficient (Wildman–Crippen LogP) is 3.11. The van der Waals surface area contributed by atoms with Gasteiger partial charge in [0.2, 0.25) is 0 Å². The van der Waals surface area contributed by atoms with Crippen LogP contribution in [0, 0.1) is 11.8 Å². The second-order valence-electron chi connectivity index (χ2n) is 5.01. The largest absolute Gasteiger partial charge is 0.296 e.